The zero-order chi connectivity index (χ0) is 9.68. The molecule has 0 aromatic carbocycles. The van der Waals surface area contributed by atoms with E-state index in [1.807, 2.05) is 13.0 Å². The van der Waals surface area contributed by atoms with Crippen LogP contribution in [-0.4, -0.2) is 18.4 Å². The van der Waals surface area contributed by atoms with Gasteiger partial charge in [-0.05, 0) is 19.4 Å². The zero-order valence-corrected chi connectivity index (χ0v) is 7.91. The van der Waals surface area contributed by atoms with Gasteiger partial charge in [0.1, 0.15) is 12.0 Å². The lowest BCUT2D eigenvalue weighted by Gasteiger charge is -2.08. The third-order valence-electron chi connectivity index (χ3n) is 1.96. The molecule has 70 valence electrons. The Morgan fingerprint density at radius 3 is 3.00 bits per heavy atom. The van der Waals surface area contributed by atoms with Gasteiger partial charge < -0.3 is 9.53 Å². The van der Waals surface area contributed by atoms with Gasteiger partial charge in [0.05, 0.1) is 7.11 Å². The minimum absolute atomic E-state index is 0.517. The summed E-state index contributed by atoms with van der Waals surface area (Å²) in [4.78, 5) is 14.4. The number of pyridine rings is 1. The Bertz CT molecular complexity index is 297. The molecule has 1 rings (SSSR count). The van der Waals surface area contributed by atoms with E-state index in [9.17, 15) is 4.79 Å². The van der Waals surface area contributed by atoms with Gasteiger partial charge in [-0.15, -0.1) is 0 Å². The van der Waals surface area contributed by atoms with E-state index >= 15 is 0 Å². The predicted octanol–water partition coefficient (Wildman–Crippen LogP) is 1.53. The molecule has 1 aromatic rings. The highest BCUT2D eigenvalue weighted by atomic mass is 16.5. The largest absolute Gasteiger partial charge is 0.496 e. The Morgan fingerprint density at radius 1 is 1.62 bits per heavy atom. The van der Waals surface area contributed by atoms with E-state index in [1.54, 1.807) is 13.3 Å². The van der Waals surface area contributed by atoms with Crippen LogP contribution in [0.5, 0.6) is 5.75 Å². The van der Waals surface area contributed by atoms with Crippen molar-refractivity contribution in [3.8, 4) is 5.75 Å². The zero-order valence-electron chi connectivity index (χ0n) is 7.91. The van der Waals surface area contributed by atoms with Gasteiger partial charge in [-0.25, -0.2) is 0 Å². The molecular formula is C10H13NO2. The number of hydrogen-bond acceptors (Lipinski definition) is 3. The van der Waals surface area contributed by atoms with Crippen LogP contribution in [-0.2, 0) is 11.2 Å². The van der Waals surface area contributed by atoms with Crippen molar-refractivity contribution in [1.82, 2.24) is 4.98 Å². The smallest absolute Gasteiger partial charge is 0.125 e. The molecule has 0 atom stereocenters. The van der Waals surface area contributed by atoms with Crippen molar-refractivity contribution in [2.24, 2.45) is 0 Å². The molecule has 0 radical (unpaired) electrons. The van der Waals surface area contributed by atoms with E-state index in [-0.39, 0.29) is 0 Å². The summed E-state index contributed by atoms with van der Waals surface area (Å²) in [5.41, 5.74) is 1.96. The van der Waals surface area contributed by atoms with Crippen molar-refractivity contribution >= 4 is 6.29 Å². The molecule has 0 unspecified atom stereocenters. The van der Waals surface area contributed by atoms with Crippen LogP contribution in [0.1, 0.15) is 17.7 Å². The van der Waals surface area contributed by atoms with Gasteiger partial charge in [-0.3, -0.25) is 4.98 Å². The van der Waals surface area contributed by atoms with Crippen molar-refractivity contribution in [1.29, 1.82) is 0 Å². The van der Waals surface area contributed by atoms with E-state index in [0.29, 0.717) is 12.8 Å². The van der Waals surface area contributed by atoms with Crippen LogP contribution in [0.2, 0.25) is 0 Å². The maximum absolute atomic E-state index is 10.2. The van der Waals surface area contributed by atoms with Gasteiger partial charge in [-0.1, -0.05) is 0 Å². The topological polar surface area (TPSA) is 39.2 Å². The lowest BCUT2D eigenvalue weighted by molar-refractivity contribution is -0.107. The molecule has 0 aliphatic heterocycles. The highest BCUT2D eigenvalue weighted by Crippen LogP contribution is 2.20. The Balaban J connectivity index is 2.93. The number of rotatable bonds is 4. The number of methoxy groups -OCH3 is 1. The number of aryl methyl sites for hydroxylation is 1. The van der Waals surface area contributed by atoms with Gasteiger partial charge in [-0.2, -0.15) is 0 Å². The van der Waals surface area contributed by atoms with E-state index in [4.69, 9.17) is 4.74 Å². The van der Waals surface area contributed by atoms with E-state index in [2.05, 4.69) is 4.98 Å². The van der Waals surface area contributed by atoms with Crippen LogP contribution in [0.25, 0.3) is 0 Å². The molecule has 3 nitrogen and oxygen atoms in total. The maximum atomic E-state index is 10.2. The molecule has 0 saturated heterocycles. The summed E-state index contributed by atoms with van der Waals surface area (Å²) >= 11 is 0. The van der Waals surface area contributed by atoms with E-state index in [0.717, 1.165) is 23.3 Å². The number of carbonyl (C=O) groups excluding carboxylic acids is 1. The number of aldehydes is 1. The molecule has 0 aliphatic carbocycles. The van der Waals surface area contributed by atoms with Crippen molar-refractivity contribution in [3.05, 3.63) is 23.5 Å². The Labute approximate surface area is 77.8 Å². The first-order valence-corrected chi connectivity index (χ1v) is 4.21. The molecule has 3 heteroatoms. The Hall–Kier alpha value is -1.38. The number of nitrogens with zero attached hydrogens (tertiary/aromatic N) is 1. The average Bonchev–Trinajstić information content (AvgIpc) is 2.15. The normalized spacial score (nSPS) is 9.69. The van der Waals surface area contributed by atoms with Gasteiger partial charge >= 0.3 is 0 Å². The third-order valence-corrected chi connectivity index (χ3v) is 1.96. The van der Waals surface area contributed by atoms with Crippen molar-refractivity contribution in [2.75, 3.05) is 7.11 Å². The number of ether oxygens (including phenoxy) is 1. The SMILES string of the molecule is COc1ccnc(C)c1CCC=O. The quantitative estimate of drug-likeness (QED) is 0.658. The molecule has 0 bridgehead atoms. The Kier molecular flexibility index (Phi) is 3.43. The summed E-state index contributed by atoms with van der Waals surface area (Å²) in [6.45, 7) is 1.92. The fourth-order valence-corrected chi connectivity index (χ4v) is 1.27. The van der Waals surface area contributed by atoms with Crippen LogP contribution in [0, 0.1) is 6.92 Å². The summed E-state index contributed by atoms with van der Waals surface area (Å²) in [5.74, 6) is 0.814. The van der Waals surface area contributed by atoms with Crippen molar-refractivity contribution in [2.45, 2.75) is 19.8 Å². The highest BCUT2D eigenvalue weighted by Gasteiger charge is 2.05. The first-order valence-electron chi connectivity index (χ1n) is 4.21. The van der Waals surface area contributed by atoms with Crippen LogP contribution >= 0.6 is 0 Å². The standard InChI is InChI=1S/C10H13NO2/c1-8-9(4-3-7-12)10(13-2)5-6-11-8/h5-7H,3-4H2,1-2H3. The Morgan fingerprint density at radius 2 is 2.38 bits per heavy atom. The predicted molar refractivity (Wildman–Crippen MR) is 49.9 cm³/mol. The summed E-state index contributed by atoms with van der Waals surface area (Å²) in [7, 11) is 1.62. The molecular weight excluding hydrogens is 166 g/mol. The second-order valence-corrected chi connectivity index (χ2v) is 2.78. The minimum atomic E-state index is 0.517. The van der Waals surface area contributed by atoms with Gasteiger partial charge in [0, 0.05) is 23.9 Å². The molecule has 0 N–H and O–H groups in total. The summed E-state index contributed by atoms with van der Waals surface area (Å²) < 4.78 is 5.17. The highest BCUT2D eigenvalue weighted by molar-refractivity contribution is 5.51. The van der Waals surface area contributed by atoms with Crippen LogP contribution in [0.3, 0.4) is 0 Å². The first-order chi connectivity index (χ1) is 6.29. The monoisotopic (exact) mass is 179 g/mol. The first kappa shape index (κ1) is 9.71. The summed E-state index contributed by atoms with van der Waals surface area (Å²) in [5, 5.41) is 0. The van der Waals surface area contributed by atoms with Crippen molar-refractivity contribution < 1.29 is 9.53 Å². The number of hydrogen-bond donors (Lipinski definition) is 0. The molecule has 0 aliphatic rings. The second-order valence-electron chi connectivity index (χ2n) is 2.78. The van der Waals surface area contributed by atoms with Gasteiger partial charge in [0.15, 0.2) is 0 Å². The lowest BCUT2D eigenvalue weighted by Crippen LogP contribution is -1.98. The number of aromatic nitrogens is 1. The van der Waals surface area contributed by atoms with Crippen LogP contribution in [0.4, 0.5) is 0 Å². The molecule has 0 spiro atoms. The maximum Gasteiger partial charge on any atom is 0.125 e. The van der Waals surface area contributed by atoms with Gasteiger partial charge in [0.25, 0.3) is 0 Å². The molecule has 13 heavy (non-hydrogen) atoms. The molecule has 1 heterocycles. The number of carbonyl (C=O) groups is 1. The summed E-state index contributed by atoms with van der Waals surface area (Å²) in [6, 6.07) is 1.81. The average molecular weight is 179 g/mol. The fourth-order valence-electron chi connectivity index (χ4n) is 1.27. The third kappa shape index (κ3) is 2.28. The minimum Gasteiger partial charge on any atom is -0.496 e. The molecule has 1 aromatic heterocycles. The lowest BCUT2D eigenvalue weighted by atomic mass is 10.1. The fraction of sp³-hybridized carbons (Fsp3) is 0.400. The van der Waals surface area contributed by atoms with Gasteiger partial charge in [0.2, 0.25) is 0 Å². The molecule has 0 fully saturated rings. The van der Waals surface area contributed by atoms with E-state index < -0.39 is 0 Å². The summed E-state index contributed by atoms with van der Waals surface area (Å²) in [6.07, 6.45) is 3.83. The van der Waals surface area contributed by atoms with Crippen LogP contribution < -0.4 is 4.74 Å². The van der Waals surface area contributed by atoms with E-state index in [1.165, 1.54) is 0 Å². The van der Waals surface area contributed by atoms with Crippen molar-refractivity contribution in [3.63, 3.8) is 0 Å². The molecule has 0 amide bonds. The molecule has 0 saturated carbocycles. The second kappa shape index (κ2) is 4.60. The van der Waals surface area contributed by atoms with Crippen LogP contribution in [0.15, 0.2) is 12.3 Å².